The van der Waals surface area contributed by atoms with Crippen molar-refractivity contribution in [3.63, 3.8) is 0 Å². The Bertz CT molecular complexity index is 938. The number of hydrogen-bond donors (Lipinski definition) is 2. The lowest BCUT2D eigenvalue weighted by atomic mass is 10.2. The number of hydrogen-bond acceptors (Lipinski definition) is 5. The van der Waals surface area contributed by atoms with Crippen molar-refractivity contribution in [3.05, 3.63) is 54.1 Å². The summed E-state index contributed by atoms with van der Waals surface area (Å²) in [5.74, 6) is 0.871. The minimum atomic E-state index is -3.32. The minimum absolute atomic E-state index is 0.326. The Morgan fingerprint density at radius 2 is 1.71 bits per heavy atom. The fraction of sp³-hybridized carbons (Fsp3) is 0.250. The van der Waals surface area contributed by atoms with Gasteiger partial charge in [0, 0.05) is 17.8 Å². The second-order valence-corrected chi connectivity index (χ2v) is 7.59. The first-order chi connectivity index (χ1) is 13.3. The molecule has 150 valence electrons. The predicted octanol–water partition coefficient (Wildman–Crippen LogP) is 3.51. The highest BCUT2D eigenvalue weighted by Crippen LogP contribution is 2.29. The van der Waals surface area contributed by atoms with Crippen molar-refractivity contribution < 1.29 is 22.7 Å². The number of ether oxygens (including phenoxy) is 2. The van der Waals surface area contributed by atoms with Gasteiger partial charge in [-0.1, -0.05) is 12.1 Å². The summed E-state index contributed by atoms with van der Waals surface area (Å²) in [5, 5.41) is 2.78. The standard InChI is InChI=1S/C20H24N2O5S/c1-4-26-17-11-12-19(27-5-2)18(14-17)21-20(23)13-8-15-6-9-16(10-7-15)22-28(3,24)25/h6-14,22H,4-5H2,1-3H3,(H,21,23)/b13-8+. The number of amides is 1. The van der Waals surface area contributed by atoms with Gasteiger partial charge in [-0.15, -0.1) is 0 Å². The van der Waals surface area contributed by atoms with Crippen LogP contribution in [-0.4, -0.2) is 33.8 Å². The van der Waals surface area contributed by atoms with E-state index in [9.17, 15) is 13.2 Å². The molecule has 28 heavy (non-hydrogen) atoms. The van der Waals surface area contributed by atoms with E-state index in [1.165, 1.54) is 6.08 Å². The van der Waals surface area contributed by atoms with E-state index in [0.717, 1.165) is 11.8 Å². The van der Waals surface area contributed by atoms with Crippen LogP contribution >= 0.6 is 0 Å². The van der Waals surface area contributed by atoms with Gasteiger partial charge in [0.15, 0.2) is 0 Å². The van der Waals surface area contributed by atoms with Crippen LogP contribution in [0.25, 0.3) is 6.08 Å². The summed E-state index contributed by atoms with van der Waals surface area (Å²) < 4.78 is 35.8. The van der Waals surface area contributed by atoms with E-state index in [1.54, 1.807) is 48.5 Å². The highest BCUT2D eigenvalue weighted by molar-refractivity contribution is 7.92. The van der Waals surface area contributed by atoms with Gasteiger partial charge in [0.25, 0.3) is 0 Å². The van der Waals surface area contributed by atoms with Gasteiger partial charge < -0.3 is 14.8 Å². The van der Waals surface area contributed by atoms with Gasteiger partial charge in [-0.2, -0.15) is 0 Å². The van der Waals surface area contributed by atoms with Crippen molar-refractivity contribution in [1.82, 2.24) is 0 Å². The third kappa shape index (κ3) is 6.96. The van der Waals surface area contributed by atoms with Gasteiger partial charge in [-0.3, -0.25) is 9.52 Å². The number of rotatable bonds is 9. The van der Waals surface area contributed by atoms with E-state index < -0.39 is 10.0 Å². The third-order valence-corrected chi connectivity index (χ3v) is 4.07. The minimum Gasteiger partial charge on any atom is -0.494 e. The smallest absolute Gasteiger partial charge is 0.248 e. The molecule has 2 aromatic carbocycles. The molecule has 0 saturated heterocycles. The second kappa shape index (κ2) is 9.80. The van der Waals surface area contributed by atoms with Crippen LogP contribution in [0.15, 0.2) is 48.5 Å². The molecule has 0 bridgehead atoms. The Labute approximate surface area is 165 Å². The average Bonchev–Trinajstić information content (AvgIpc) is 2.62. The highest BCUT2D eigenvalue weighted by Gasteiger charge is 2.08. The molecule has 1 amide bonds. The Kier molecular flexibility index (Phi) is 7.45. The monoisotopic (exact) mass is 404 g/mol. The van der Waals surface area contributed by atoms with Gasteiger partial charge >= 0.3 is 0 Å². The van der Waals surface area contributed by atoms with E-state index in [1.807, 2.05) is 13.8 Å². The quantitative estimate of drug-likeness (QED) is 0.624. The summed E-state index contributed by atoms with van der Waals surface area (Å²) in [4.78, 5) is 12.3. The Morgan fingerprint density at radius 3 is 2.32 bits per heavy atom. The lowest BCUT2D eigenvalue weighted by Crippen LogP contribution is -2.10. The van der Waals surface area contributed by atoms with Crippen molar-refractivity contribution in [2.45, 2.75) is 13.8 Å². The number of sulfonamides is 1. The first-order valence-corrected chi connectivity index (χ1v) is 10.7. The molecule has 0 unspecified atom stereocenters. The van der Waals surface area contributed by atoms with Crippen LogP contribution in [0.2, 0.25) is 0 Å². The molecule has 0 aliphatic heterocycles. The topological polar surface area (TPSA) is 93.7 Å². The fourth-order valence-corrected chi connectivity index (χ4v) is 2.93. The van der Waals surface area contributed by atoms with E-state index in [2.05, 4.69) is 10.0 Å². The van der Waals surface area contributed by atoms with Gasteiger partial charge in [-0.25, -0.2) is 8.42 Å². The molecule has 2 rings (SSSR count). The molecular formula is C20H24N2O5S. The van der Waals surface area contributed by atoms with Crippen LogP contribution in [0.4, 0.5) is 11.4 Å². The van der Waals surface area contributed by atoms with Crippen molar-refractivity contribution in [2.75, 3.05) is 29.5 Å². The number of nitrogens with one attached hydrogen (secondary N) is 2. The van der Waals surface area contributed by atoms with E-state index in [0.29, 0.717) is 36.1 Å². The summed E-state index contributed by atoms with van der Waals surface area (Å²) >= 11 is 0. The number of carbonyl (C=O) groups is 1. The molecule has 0 fully saturated rings. The third-order valence-electron chi connectivity index (χ3n) is 3.46. The molecule has 0 heterocycles. The second-order valence-electron chi connectivity index (χ2n) is 5.84. The predicted molar refractivity (Wildman–Crippen MR) is 111 cm³/mol. The van der Waals surface area contributed by atoms with Crippen LogP contribution in [0, 0.1) is 0 Å². The first kappa shape index (κ1) is 21.3. The van der Waals surface area contributed by atoms with Crippen LogP contribution in [-0.2, 0) is 14.8 Å². The maximum atomic E-state index is 12.3. The molecule has 0 aromatic heterocycles. The Hall–Kier alpha value is -3.00. The zero-order valence-corrected chi connectivity index (χ0v) is 16.9. The molecule has 2 aromatic rings. The van der Waals surface area contributed by atoms with E-state index in [-0.39, 0.29) is 5.91 Å². The van der Waals surface area contributed by atoms with Crippen molar-refractivity contribution in [1.29, 1.82) is 0 Å². The largest absolute Gasteiger partial charge is 0.494 e. The molecule has 2 N–H and O–H groups in total. The average molecular weight is 404 g/mol. The molecule has 0 saturated carbocycles. The summed E-state index contributed by atoms with van der Waals surface area (Å²) in [6.07, 6.45) is 4.11. The lowest BCUT2D eigenvalue weighted by Gasteiger charge is -2.12. The zero-order chi connectivity index (χ0) is 20.6. The molecule has 0 spiro atoms. The van der Waals surface area contributed by atoms with Gasteiger partial charge in [-0.05, 0) is 49.8 Å². The van der Waals surface area contributed by atoms with Crippen molar-refractivity contribution in [3.8, 4) is 11.5 Å². The van der Waals surface area contributed by atoms with E-state index >= 15 is 0 Å². The first-order valence-electron chi connectivity index (χ1n) is 8.77. The van der Waals surface area contributed by atoms with Gasteiger partial charge in [0.2, 0.25) is 15.9 Å². The zero-order valence-electron chi connectivity index (χ0n) is 16.1. The van der Waals surface area contributed by atoms with Gasteiger partial charge in [0.1, 0.15) is 11.5 Å². The molecule has 0 aliphatic rings. The van der Waals surface area contributed by atoms with Crippen LogP contribution in [0.1, 0.15) is 19.4 Å². The molecule has 8 heteroatoms. The van der Waals surface area contributed by atoms with Crippen LogP contribution < -0.4 is 19.5 Å². The van der Waals surface area contributed by atoms with Crippen molar-refractivity contribution in [2.24, 2.45) is 0 Å². The van der Waals surface area contributed by atoms with Crippen LogP contribution in [0.3, 0.4) is 0 Å². The van der Waals surface area contributed by atoms with E-state index in [4.69, 9.17) is 9.47 Å². The molecule has 0 atom stereocenters. The molecular weight excluding hydrogens is 380 g/mol. The van der Waals surface area contributed by atoms with Crippen molar-refractivity contribution >= 4 is 33.4 Å². The number of benzene rings is 2. The Morgan fingerprint density at radius 1 is 1.04 bits per heavy atom. The fourth-order valence-electron chi connectivity index (χ4n) is 2.37. The normalized spacial score (nSPS) is 11.2. The summed E-state index contributed by atoms with van der Waals surface area (Å²) in [7, 11) is -3.32. The maximum Gasteiger partial charge on any atom is 0.248 e. The SMILES string of the molecule is CCOc1ccc(OCC)c(NC(=O)/C=C/c2ccc(NS(C)(=O)=O)cc2)c1. The van der Waals surface area contributed by atoms with Crippen LogP contribution in [0.5, 0.6) is 11.5 Å². The molecule has 7 nitrogen and oxygen atoms in total. The maximum absolute atomic E-state index is 12.3. The molecule has 0 radical (unpaired) electrons. The highest BCUT2D eigenvalue weighted by atomic mass is 32.2. The summed E-state index contributed by atoms with van der Waals surface area (Å²) in [6, 6.07) is 11.9. The summed E-state index contributed by atoms with van der Waals surface area (Å²) in [5.41, 5.74) is 1.73. The van der Waals surface area contributed by atoms with Gasteiger partial charge in [0.05, 0.1) is 25.2 Å². The lowest BCUT2D eigenvalue weighted by molar-refractivity contribution is -0.111. The number of carbonyl (C=O) groups excluding carboxylic acids is 1. The molecule has 0 aliphatic carbocycles. The summed E-state index contributed by atoms with van der Waals surface area (Å²) in [6.45, 7) is 4.74. The number of anilines is 2. The Balaban J connectivity index is 2.07.